The summed E-state index contributed by atoms with van der Waals surface area (Å²) < 4.78 is 26.7. The van der Waals surface area contributed by atoms with Gasteiger partial charge in [-0.05, 0) is 18.6 Å². The fraction of sp³-hybridized carbons (Fsp3) is 0.200. The molecule has 1 aromatic rings. The molecular formula is C10H12O3S. The third-order valence-corrected chi connectivity index (χ3v) is 2.54. The Hall–Kier alpha value is -1.13. The van der Waals surface area contributed by atoms with E-state index < -0.39 is 10.1 Å². The van der Waals surface area contributed by atoms with Gasteiger partial charge in [0.05, 0.1) is 12.0 Å². The second-order valence-corrected chi connectivity index (χ2v) is 4.11. The quantitative estimate of drug-likeness (QED) is 0.717. The van der Waals surface area contributed by atoms with E-state index in [1.54, 1.807) is 6.92 Å². The molecule has 0 radical (unpaired) electrons. The number of benzene rings is 1. The van der Waals surface area contributed by atoms with Crippen molar-refractivity contribution < 1.29 is 12.6 Å². The first-order valence-corrected chi connectivity index (χ1v) is 5.74. The van der Waals surface area contributed by atoms with E-state index >= 15 is 0 Å². The summed E-state index contributed by atoms with van der Waals surface area (Å²) in [6, 6.07) is 9.18. The average molecular weight is 212 g/mol. The molecule has 0 fully saturated rings. The van der Waals surface area contributed by atoms with E-state index in [9.17, 15) is 8.42 Å². The third-order valence-electron chi connectivity index (χ3n) is 1.51. The fourth-order valence-electron chi connectivity index (χ4n) is 0.930. The highest BCUT2D eigenvalue weighted by Crippen LogP contribution is 2.04. The van der Waals surface area contributed by atoms with Crippen LogP contribution in [0.2, 0.25) is 0 Å². The molecule has 3 nitrogen and oxygen atoms in total. The van der Waals surface area contributed by atoms with Crippen LogP contribution in [-0.4, -0.2) is 15.0 Å². The summed E-state index contributed by atoms with van der Waals surface area (Å²) in [4.78, 5) is 0. The van der Waals surface area contributed by atoms with Crippen molar-refractivity contribution in [1.82, 2.24) is 0 Å². The zero-order valence-corrected chi connectivity index (χ0v) is 8.70. The van der Waals surface area contributed by atoms with E-state index in [2.05, 4.69) is 4.18 Å². The molecule has 76 valence electrons. The van der Waals surface area contributed by atoms with Crippen molar-refractivity contribution in [1.29, 1.82) is 0 Å². The predicted molar refractivity (Wildman–Crippen MR) is 56.0 cm³/mol. The molecule has 0 N–H and O–H groups in total. The Morgan fingerprint density at radius 1 is 1.29 bits per heavy atom. The van der Waals surface area contributed by atoms with Crippen molar-refractivity contribution in [3.8, 4) is 0 Å². The minimum atomic E-state index is -3.51. The molecule has 0 aliphatic rings. The van der Waals surface area contributed by atoms with Gasteiger partial charge in [0.2, 0.25) is 0 Å². The highest BCUT2D eigenvalue weighted by atomic mass is 32.2. The Kier molecular flexibility index (Phi) is 3.85. The van der Waals surface area contributed by atoms with Gasteiger partial charge in [-0.3, -0.25) is 4.18 Å². The Morgan fingerprint density at radius 2 is 1.93 bits per heavy atom. The predicted octanol–water partition coefficient (Wildman–Crippen LogP) is 2.02. The summed E-state index contributed by atoms with van der Waals surface area (Å²) >= 11 is 0. The average Bonchev–Trinajstić information content (AvgIpc) is 2.17. The Bertz CT molecular complexity index is 393. The van der Waals surface area contributed by atoms with Crippen LogP contribution in [0, 0.1) is 0 Å². The lowest BCUT2D eigenvalue weighted by atomic mass is 10.2. The summed E-state index contributed by atoms with van der Waals surface area (Å²) in [6.07, 6.45) is 1.50. The van der Waals surface area contributed by atoms with Gasteiger partial charge in [-0.1, -0.05) is 30.3 Å². The van der Waals surface area contributed by atoms with E-state index in [4.69, 9.17) is 0 Å². The molecular weight excluding hydrogens is 200 g/mol. The summed E-state index contributed by atoms with van der Waals surface area (Å²) in [7, 11) is -3.51. The topological polar surface area (TPSA) is 43.4 Å². The zero-order valence-electron chi connectivity index (χ0n) is 7.88. The van der Waals surface area contributed by atoms with Crippen molar-refractivity contribution in [2.75, 3.05) is 6.61 Å². The number of rotatable bonds is 4. The molecule has 0 aliphatic carbocycles. The van der Waals surface area contributed by atoms with E-state index in [0.717, 1.165) is 11.0 Å². The van der Waals surface area contributed by atoms with Crippen LogP contribution in [-0.2, 0) is 14.3 Å². The maximum absolute atomic E-state index is 11.1. The van der Waals surface area contributed by atoms with Crippen LogP contribution in [0.4, 0.5) is 0 Å². The smallest absolute Gasteiger partial charge is 0.267 e. The summed E-state index contributed by atoms with van der Waals surface area (Å²) in [6.45, 7) is 1.79. The van der Waals surface area contributed by atoms with Crippen LogP contribution in [0.1, 0.15) is 12.5 Å². The first-order valence-electron chi connectivity index (χ1n) is 4.26. The van der Waals surface area contributed by atoms with Crippen LogP contribution in [0.25, 0.3) is 6.08 Å². The molecule has 0 unspecified atom stereocenters. The highest BCUT2D eigenvalue weighted by Gasteiger charge is 2.02. The normalized spacial score (nSPS) is 12.1. The van der Waals surface area contributed by atoms with Gasteiger partial charge >= 0.3 is 0 Å². The van der Waals surface area contributed by atoms with Crippen LogP contribution >= 0.6 is 0 Å². The molecule has 0 amide bonds. The second-order valence-electron chi connectivity index (χ2n) is 2.61. The number of hydrogen-bond acceptors (Lipinski definition) is 3. The van der Waals surface area contributed by atoms with E-state index in [1.165, 1.54) is 6.08 Å². The van der Waals surface area contributed by atoms with Crippen molar-refractivity contribution in [2.45, 2.75) is 6.92 Å². The molecule has 0 aliphatic heterocycles. The first-order chi connectivity index (χ1) is 6.64. The molecule has 0 atom stereocenters. The van der Waals surface area contributed by atoms with Crippen molar-refractivity contribution in [2.24, 2.45) is 0 Å². The van der Waals surface area contributed by atoms with Gasteiger partial charge in [0.15, 0.2) is 0 Å². The lowest BCUT2D eigenvalue weighted by molar-refractivity contribution is 0.345. The first kappa shape index (κ1) is 10.9. The minimum Gasteiger partial charge on any atom is -0.267 e. The van der Waals surface area contributed by atoms with Gasteiger partial charge < -0.3 is 0 Å². The molecule has 0 bridgehead atoms. The maximum atomic E-state index is 11.1. The van der Waals surface area contributed by atoms with Gasteiger partial charge in [0.25, 0.3) is 10.1 Å². The van der Waals surface area contributed by atoms with Gasteiger partial charge in [-0.15, -0.1) is 0 Å². The maximum Gasteiger partial charge on any atom is 0.290 e. The van der Waals surface area contributed by atoms with Gasteiger partial charge in [0, 0.05) is 0 Å². The van der Waals surface area contributed by atoms with Gasteiger partial charge in [-0.25, -0.2) is 0 Å². The SMILES string of the molecule is CCOS(=O)(=O)/C=C/c1ccccc1. The third kappa shape index (κ3) is 3.72. The van der Waals surface area contributed by atoms with E-state index in [0.29, 0.717) is 0 Å². The largest absolute Gasteiger partial charge is 0.290 e. The van der Waals surface area contributed by atoms with E-state index in [-0.39, 0.29) is 6.61 Å². The summed E-state index contributed by atoms with van der Waals surface area (Å²) in [5, 5.41) is 1.06. The lowest BCUT2D eigenvalue weighted by Gasteiger charge is -1.96. The van der Waals surface area contributed by atoms with Crippen LogP contribution < -0.4 is 0 Å². The Morgan fingerprint density at radius 3 is 2.50 bits per heavy atom. The molecule has 1 aromatic carbocycles. The molecule has 4 heteroatoms. The van der Waals surface area contributed by atoms with Gasteiger partial charge in [0.1, 0.15) is 0 Å². The van der Waals surface area contributed by atoms with E-state index in [1.807, 2.05) is 30.3 Å². The molecule has 14 heavy (non-hydrogen) atoms. The summed E-state index contributed by atoms with van der Waals surface area (Å²) in [5.74, 6) is 0. The van der Waals surface area contributed by atoms with Gasteiger partial charge in [-0.2, -0.15) is 8.42 Å². The molecule has 0 aromatic heterocycles. The van der Waals surface area contributed by atoms with Crippen LogP contribution in [0.15, 0.2) is 35.7 Å². The monoisotopic (exact) mass is 212 g/mol. The molecule has 0 saturated carbocycles. The second kappa shape index (κ2) is 4.93. The van der Waals surface area contributed by atoms with Crippen molar-refractivity contribution in [3.05, 3.63) is 41.3 Å². The molecule has 0 heterocycles. The zero-order chi connectivity index (χ0) is 10.4. The lowest BCUT2D eigenvalue weighted by Crippen LogP contribution is -2.00. The summed E-state index contributed by atoms with van der Waals surface area (Å²) in [5.41, 5.74) is 0.829. The fourth-order valence-corrected chi connectivity index (χ4v) is 1.66. The van der Waals surface area contributed by atoms with Crippen LogP contribution in [0.3, 0.4) is 0 Å². The van der Waals surface area contributed by atoms with Crippen LogP contribution in [0.5, 0.6) is 0 Å². The molecule has 0 spiro atoms. The van der Waals surface area contributed by atoms with Crippen molar-refractivity contribution in [3.63, 3.8) is 0 Å². The minimum absolute atomic E-state index is 0.154. The Balaban J connectivity index is 2.74. The number of hydrogen-bond donors (Lipinski definition) is 0. The molecule has 0 saturated heterocycles. The molecule has 1 rings (SSSR count). The Labute approximate surface area is 84.1 Å². The standard InChI is InChI=1S/C10H12O3S/c1-2-13-14(11,12)9-8-10-6-4-3-5-7-10/h3-9H,2H2,1H3/b9-8+. The highest BCUT2D eigenvalue weighted by molar-refractivity contribution is 7.89. The van der Waals surface area contributed by atoms with Crippen molar-refractivity contribution >= 4 is 16.2 Å².